The molecule has 1 aliphatic carbocycles. The molecule has 0 saturated heterocycles. The zero-order valence-electron chi connectivity index (χ0n) is 17.4. The van der Waals surface area contributed by atoms with E-state index in [2.05, 4.69) is 25.3 Å². The molecule has 0 amide bonds. The van der Waals surface area contributed by atoms with Crippen LogP contribution in [0.1, 0.15) is 32.1 Å². The number of nitrogens with zero attached hydrogens (tertiary/aromatic N) is 2. The SMILES string of the molecule is FC(F)(F)Oc1cccc(-c2cc(Nc3cccc(Cl)c3Cl)nc(NC3CCCCC3)n2)c1. The molecule has 0 unspecified atom stereocenters. The summed E-state index contributed by atoms with van der Waals surface area (Å²) in [4.78, 5) is 9.11. The Balaban J connectivity index is 1.69. The molecular formula is C23H21Cl2F3N4O. The topological polar surface area (TPSA) is 59.1 Å². The Morgan fingerprint density at radius 1 is 0.939 bits per heavy atom. The first-order valence-corrected chi connectivity index (χ1v) is 11.3. The van der Waals surface area contributed by atoms with Crippen LogP contribution in [0.15, 0.2) is 48.5 Å². The van der Waals surface area contributed by atoms with Crippen molar-refractivity contribution in [2.45, 2.75) is 44.5 Å². The Kier molecular flexibility index (Phi) is 7.14. The second kappa shape index (κ2) is 10.1. The number of anilines is 3. The molecule has 4 rings (SSSR count). The smallest absolute Gasteiger partial charge is 0.406 e. The lowest BCUT2D eigenvalue weighted by atomic mass is 9.96. The molecule has 5 nitrogen and oxygen atoms in total. The van der Waals surface area contributed by atoms with Gasteiger partial charge in [-0.05, 0) is 37.1 Å². The van der Waals surface area contributed by atoms with Crippen molar-refractivity contribution >= 4 is 40.7 Å². The number of ether oxygens (including phenoxy) is 1. The first-order valence-electron chi connectivity index (χ1n) is 10.5. The van der Waals surface area contributed by atoms with Crippen molar-refractivity contribution in [2.75, 3.05) is 10.6 Å². The highest BCUT2D eigenvalue weighted by Gasteiger charge is 2.31. The summed E-state index contributed by atoms with van der Waals surface area (Å²) in [5.41, 5.74) is 1.43. The number of hydrogen-bond donors (Lipinski definition) is 2. The van der Waals surface area contributed by atoms with Gasteiger partial charge in [-0.25, -0.2) is 4.98 Å². The molecule has 1 fully saturated rings. The fourth-order valence-corrected chi connectivity index (χ4v) is 4.09. The molecule has 2 N–H and O–H groups in total. The molecule has 33 heavy (non-hydrogen) atoms. The summed E-state index contributed by atoms with van der Waals surface area (Å²) in [6.07, 6.45) is 0.671. The average Bonchev–Trinajstić information content (AvgIpc) is 2.76. The number of halogens is 5. The highest BCUT2D eigenvalue weighted by molar-refractivity contribution is 6.43. The minimum atomic E-state index is -4.78. The quantitative estimate of drug-likeness (QED) is 0.363. The van der Waals surface area contributed by atoms with E-state index in [1.807, 2.05) is 0 Å². The molecule has 2 aromatic carbocycles. The van der Waals surface area contributed by atoms with Crippen molar-refractivity contribution in [3.8, 4) is 17.0 Å². The first-order chi connectivity index (χ1) is 15.8. The zero-order chi connectivity index (χ0) is 23.4. The normalized spacial score (nSPS) is 14.7. The van der Waals surface area contributed by atoms with E-state index in [1.165, 1.54) is 24.6 Å². The Hall–Kier alpha value is -2.71. The second-order valence-electron chi connectivity index (χ2n) is 7.74. The van der Waals surface area contributed by atoms with Crippen molar-refractivity contribution in [1.29, 1.82) is 0 Å². The lowest BCUT2D eigenvalue weighted by Crippen LogP contribution is -2.23. The van der Waals surface area contributed by atoms with E-state index in [0.29, 0.717) is 38.8 Å². The summed E-state index contributed by atoms with van der Waals surface area (Å²) in [5.74, 6) is 0.472. The Labute approximate surface area is 199 Å². The molecule has 10 heteroatoms. The Morgan fingerprint density at radius 2 is 1.70 bits per heavy atom. The molecule has 0 aliphatic heterocycles. The van der Waals surface area contributed by atoms with Crippen LogP contribution in [0.5, 0.6) is 5.75 Å². The van der Waals surface area contributed by atoms with Crippen LogP contribution in [0.2, 0.25) is 10.0 Å². The summed E-state index contributed by atoms with van der Waals surface area (Å²) in [7, 11) is 0. The van der Waals surface area contributed by atoms with E-state index in [0.717, 1.165) is 25.7 Å². The van der Waals surface area contributed by atoms with Crippen LogP contribution in [0.25, 0.3) is 11.3 Å². The molecule has 3 aromatic rings. The fourth-order valence-electron chi connectivity index (χ4n) is 3.74. The van der Waals surface area contributed by atoms with Crippen molar-refractivity contribution in [1.82, 2.24) is 9.97 Å². The van der Waals surface area contributed by atoms with Crippen LogP contribution in [-0.4, -0.2) is 22.4 Å². The third-order valence-corrected chi connectivity index (χ3v) is 6.06. The largest absolute Gasteiger partial charge is 0.573 e. The number of benzene rings is 2. The number of aromatic nitrogens is 2. The monoisotopic (exact) mass is 496 g/mol. The summed E-state index contributed by atoms with van der Waals surface area (Å²) in [6, 6.07) is 12.7. The summed E-state index contributed by atoms with van der Waals surface area (Å²) in [5, 5.41) is 7.22. The van der Waals surface area contributed by atoms with Crippen molar-refractivity contribution in [3.63, 3.8) is 0 Å². The van der Waals surface area contributed by atoms with Crippen molar-refractivity contribution in [3.05, 3.63) is 58.6 Å². The summed E-state index contributed by atoms with van der Waals surface area (Å²) < 4.78 is 42.1. The molecule has 1 aliphatic rings. The van der Waals surface area contributed by atoms with Gasteiger partial charge in [0.15, 0.2) is 0 Å². The standard InChI is InChI=1S/C23H21Cl2F3N4O/c24-17-10-5-11-18(21(17)25)30-20-13-19(14-6-4-9-16(12-14)33-23(26,27)28)31-22(32-20)29-15-7-2-1-3-8-15/h4-6,9-13,15H,1-3,7-8H2,(H2,29,30,31,32). The van der Waals surface area contributed by atoms with Crippen LogP contribution in [0.4, 0.5) is 30.6 Å². The van der Waals surface area contributed by atoms with Gasteiger partial charge in [-0.3, -0.25) is 0 Å². The molecular weight excluding hydrogens is 476 g/mol. The molecule has 1 saturated carbocycles. The maximum absolute atomic E-state index is 12.7. The van der Waals surface area contributed by atoms with Crippen LogP contribution < -0.4 is 15.4 Å². The molecule has 174 valence electrons. The van der Waals surface area contributed by atoms with Gasteiger partial charge >= 0.3 is 6.36 Å². The predicted octanol–water partition coefficient (Wildman–Crippen LogP) is 7.84. The third kappa shape index (κ3) is 6.42. The van der Waals surface area contributed by atoms with E-state index >= 15 is 0 Å². The predicted molar refractivity (Wildman–Crippen MR) is 124 cm³/mol. The minimum Gasteiger partial charge on any atom is -0.406 e. The first kappa shape index (κ1) is 23.4. The number of alkyl halides is 3. The Bertz CT molecular complexity index is 1120. The Morgan fingerprint density at radius 3 is 2.45 bits per heavy atom. The number of nitrogens with one attached hydrogen (secondary N) is 2. The summed E-state index contributed by atoms with van der Waals surface area (Å²) >= 11 is 12.4. The maximum Gasteiger partial charge on any atom is 0.573 e. The second-order valence-corrected chi connectivity index (χ2v) is 8.53. The number of hydrogen-bond acceptors (Lipinski definition) is 5. The van der Waals surface area contributed by atoms with E-state index in [9.17, 15) is 13.2 Å². The number of rotatable bonds is 6. The lowest BCUT2D eigenvalue weighted by molar-refractivity contribution is -0.274. The van der Waals surface area contributed by atoms with Crippen LogP contribution >= 0.6 is 23.2 Å². The zero-order valence-corrected chi connectivity index (χ0v) is 18.9. The van der Waals surface area contributed by atoms with E-state index < -0.39 is 6.36 Å². The molecule has 0 radical (unpaired) electrons. The van der Waals surface area contributed by atoms with Gasteiger partial charge in [0.25, 0.3) is 0 Å². The van der Waals surface area contributed by atoms with Crippen LogP contribution in [-0.2, 0) is 0 Å². The van der Waals surface area contributed by atoms with E-state index in [4.69, 9.17) is 23.2 Å². The van der Waals surface area contributed by atoms with E-state index in [-0.39, 0.29) is 11.8 Å². The lowest BCUT2D eigenvalue weighted by Gasteiger charge is -2.23. The van der Waals surface area contributed by atoms with Crippen LogP contribution in [0.3, 0.4) is 0 Å². The van der Waals surface area contributed by atoms with Crippen LogP contribution in [0, 0.1) is 0 Å². The third-order valence-electron chi connectivity index (χ3n) is 5.24. The van der Waals surface area contributed by atoms with Gasteiger partial charge in [0.05, 0.1) is 21.4 Å². The average molecular weight is 497 g/mol. The maximum atomic E-state index is 12.7. The molecule has 0 spiro atoms. The molecule has 0 bridgehead atoms. The summed E-state index contributed by atoms with van der Waals surface area (Å²) in [6.45, 7) is 0. The van der Waals surface area contributed by atoms with Gasteiger partial charge in [-0.15, -0.1) is 13.2 Å². The van der Waals surface area contributed by atoms with Gasteiger partial charge in [0.2, 0.25) is 5.95 Å². The van der Waals surface area contributed by atoms with Gasteiger partial charge in [-0.1, -0.05) is 60.7 Å². The van der Waals surface area contributed by atoms with Crippen molar-refractivity contribution in [2.24, 2.45) is 0 Å². The minimum absolute atomic E-state index is 0.233. The van der Waals surface area contributed by atoms with Gasteiger partial charge in [0.1, 0.15) is 11.6 Å². The van der Waals surface area contributed by atoms with Gasteiger partial charge < -0.3 is 15.4 Å². The highest BCUT2D eigenvalue weighted by Crippen LogP contribution is 2.33. The highest BCUT2D eigenvalue weighted by atomic mass is 35.5. The van der Waals surface area contributed by atoms with Crippen molar-refractivity contribution < 1.29 is 17.9 Å². The molecule has 1 heterocycles. The fraction of sp³-hybridized carbons (Fsp3) is 0.304. The van der Waals surface area contributed by atoms with Gasteiger partial charge in [0, 0.05) is 17.7 Å². The molecule has 1 aromatic heterocycles. The van der Waals surface area contributed by atoms with E-state index in [1.54, 1.807) is 30.3 Å². The molecule has 0 atom stereocenters. The van der Waals surface area contributed by atoms with Gasteiger partial charge in [-0.2, -0.15) is 4.98 Å².